The maximum absolute atomic E-state index is 10.7. The molecular weight excluding hydrogens is 160 g/mol. The van der Waals surface area contributed by atoms with Crippen molar-refractivity contribution in [3.63, 3.8) is 0 Å². The van der Waals surface area contributed by atoms with Crippen LogP contribution in [0.4, 0.5) is 0 Å². The van der Waals surface area contributed by atoms with E-state index in [-0.39, 0.29) is 23.9 Å². The molecule has 0 radical (unpaired) electrons. The highest BCUT2D eigenvalue weighted by molar-refractivity contribution is 5.77. The first-order valence-corrected chi connectivity index (χ1v) is 3.43. The van der Waals surface area contributed by atoms with Gasteiger partial charge in [0.1, 0.15) is 0 Å². The Hall–Kier alpha value is -1.71. The van der Waals surface area contributed by atoms with Crippen LogP contribution in [-0.4, -0.2) is 17.7 Å². The van der Waals surface area contributed by atoms with Crippen LogP contribution in [0.3, 0.4) is 0 Å². The Morgan fingerprint density at radius 1 is 1.42 bits per heavy atom. The number of esters is 1. The third-order valence-electron chi connectivity index (χ3n) is 1.52. The maximum Gasteiger partial charge on any atom is 0.349 e. The fourth-order valence-corrected chi connectivity index (χ4v) is 1.01. The molecule has 4 nitrogen and oxygen atoms in total. The van der Waals surface area contributed by atoms with Crippen LogP contribution in [0.1, 0.15) is 0 Å². The Morgan fingerprint density at radius 2 is 2.25 bits per heavy atom. The molecule has 1 heterocycles. The molecular formula is C8H6O4. The van der Waals surface area contributed by atoms with E-state index in [1.165, 1.54) is 6.07 Å². The summed E-state index contributed by atoms with van der Waals surface area (Å²) in [5.74, 6) is 0.0384. The standard InChI is InChI=1S/C8H6O4/c9-5-2-1-3-6-8(5)11-4-7(10)12-6/h1-3,9H,4H2. The average molecular weight is 166 g/mol. The average Bonchev–Trinajstić information content (AvgIpc) is 2.04. The van der Waals surface area contributed by atoms with Crippen LogP contribution in [0, 0.1) is 0 Å². The number of para-hydroxylation sites is 1. The van der Waals surface area contributed by atoms with Gasteiger partial charge in [-0.25, -0.2) is 4.79 Å². The van der Waals surface area contributed by atoms with E-state index in [1.54, 1.807) is 12.1 Å². The molecule has 2 rings (SSSR count). The molecule has 62 valence electrons. The predicted octanol–water partition coefficient (Wildman–Crippen LogP) is 0.690. The highest BCUT2D eigenvalue weighted by atomic mass is 16.6. The predicted molar refractivity (Wildman–Crippen MR) is 39.2 cm³/mol. The van der Waals surface area contributed by atoms with Crippen LogP contribution < -0.4 is 9.47 Å². The van der Waals surface area contributed by atoms with Crippen molar-refractivity contribution in [3.05, 3.63) is 18.2 Å². The molecule has 0 saturated carbocycles. The van der Waals surface area contributed by atoms with Crippen molar-refractivity contribution in [2.75, 3.05) is 6.61 Å². The third-order valence-corrected chi connectivity index (χ3v) is 1.52. The van der Waals surface area contributed by atoms with Gasteiger partial charge in [0, 0.05) is 0 Å². The zero-order valence-electron chi connectivity index (χ0n) is 6.11. The maximum atomic E-state index is 10.7. The van der Waals surface area contributed by atoms with Crippen LogP contribution in [0.15, 0.2) is 18.2 Å². The number of aromatic hydroxyl groups is 1. The van der Waals surface area contributed by atoms with Gasteiger partial charge in [-0.1, -0.05) is 6.07 Å². The van der Waals surface area contributed by atoms with E-state index in [1.807, 2.05) is 0 Å². The van der Waals surface area contributed by atoms with Crippen LogP contribution in [0.2, 0.25) is 0 Å². The molecule has 0 atom stereocenters. The first-order valence-electron chi connectivity index (χ1n) is 3.43. The summed E-state index contributed by atoms with van der Waals surface area (Å²) in [6, 6.07) is 4.61. The Balaban J connectivity index is 2.48. The number of phenolic OH excluding ortho intramolecular Hbond substituents is 1. The lowest BCUT2D eigenvalue weighted by atomic mass is 10.3. The van der Waals surface area contributed by atoms with E-state index in [0.717, 1.165) is 0 Å². The van der Waals surface area contributed by atoms with Gasteiger partial charge in [-0.2, -0.15) is 0 Å². The molecule has 1 aromatic carbocycles. The van der Waals surface area contributed by atoms with E-state index in [2.05, 4.69) is 0 Å². The van der Waals surface area contributed by atoms with Crippen molar-refractivity contribution in [1.82, 2.24) is 0 Å². The minimum Gasteiger partial charge on any atom is -0.504 e. The van der Waals surface area contributed by atoms with Crippen molar-refractivity contribution in [2.24, 2.45) is 0 Å². The van der Waals surface area contributed by atoms with Gasteiger partial charge in [0.05, 0.1) is 0 Å². The summed E-state index contributed by atoms with van der Waals surface area (Å²) in [6.07, 6.45) is 0. The Bertz CT molecular complexity index is 332. The summed E-state index contributed by atoms with van der Waals surface area (Å²) < 4.78 is 9.73. The van der Waals surface area contributed by atoms with E-state index in [0.29, 0.717) is 0 Å². The number of fused-ring (bicyclic) bond motifs is 1. The summed E-state index contributed by atoms with van der Waals surface area (Å²) in [6.45, 7) is -0.148. The SMILES string of the molecule is O=C1COc2c(O)cccc2O1. The van der Waals surface area contributed by atoms with Gasteiger partial charge in [-0.05, 0) is 12.1 Å². The highest BCUT2D eigenvalue weighted by Crippen LogP contribution is 2.37. The topological polar surface area (TPSA) is 55.8 Å². The Labute approximate surface area is 68.3 Å². The lowest BCUT2D eigenvalue weighted by molar-refractivity contribution is -0.138. The lowest BCUT2D eigenvalue weighted by Crippen LogP contribution is -2.22. The molecule has 1 aromatic rings. The fourth-order valence-electron chi connectivity index (χ4n) is 1.01. The number of ether oxygens (including phenoxy) is 2. The fraction of sp³-hybridized carbons (Fsp3) is 0.125. The van der Waals surface area contributed by atoms with Crippen molar-refractivity contribution in [1.29, 1.82) is 0 Å². The number of hydrogen-bond donors (Lipinski definition) is 1. The van der Waals surface area contributed by atoms with Gasteiger partial charge in [0.25, 0.3) is 0 Å². The number of rotatable bonds is 0. The Morgan fingerprint density at radius 3 is 3.08 bits per heavy atom. The van der Waals surface area contributed by atoms with Gasteiger partial charge in [0.15, 0.2) is 18.1 Å². The largest absolute Gasteiger partial charge is 0.504 e. The van der Waals surface area contributed by atoms with Gasteiger partial charge < -0.3 is 14.6 Å². The number of hydrogen-bond acceptors (Lipinski definition) is 4. The van der Waals surface area contributed by atoms with Gasteiger partial charge in [-0.15, -0.1) is 0 Å². The first-order chi connectivity index (χ1) is 5.77. The molecule has 0 fully saturated rings. The Kier molecular flexibility index (Phi) is 1.40. The summed E-state index contributed by atoms with van der Waals surface area (Å²) >= 11 is 0. The number of carbonyl (C=O) groups is 1. The van der Waals surface area contributed by atoms with E-state index >= 15 is 0 Å². The minimum atomic E-state index is -0.451. The number of benzene rings is 1. The lowest BCUT2D eigenvalue weighted by Gasteiger charge is -2.16. The molecule has 0 saturated heterocycles. The van der Waals surface area contributed by atoms with Crippen LogP contribution >= 0.6 is 0 Å². The second kappa shape index (κ2) is 2.41. The molecule has 1 aliphatic heterocycles. The van der Waals surface area contributed by atoms with Gasteiger partial charge in [0.2, 0.25) is 5.75 Å². The molecule has 1 aliphatic rings. The van der Waals surface area contributed by atoms with Crippen molar-refractivity contribution < 1.29 is 19.4 Å². The monoisotopic (exact) mass is 166 g/mol. The normalized spacial score (nSPS) is 14.5. The second-order valence-corrected chi connectivity index (χ2v) is 2.37. The molecule has 1 N–H and O–H groups in total. The molecule has 0 amide bonds. The summed E-state index contributed by atoms with van der Waals surface area (Å²) in [5, 5.41) is 9.23. The summed E-state index contributed by atoms with van der Waals surface area (Å²) in [4.78, 5) is 10.7. The van der Waals surface area contributed by atoms with Crippen molar-refractivity contribution >= 4 is 5.97 Å². The smallest absolute Gasteiger partial charge is 0.349 e. The molecule has 0 unspecified atom stereocenters. The molecule has 0 spiro atoms. The number of carbonyl (C=O) groups excluding carboxylic acids is 1. The van der Waals surface area contributed by atoms with E-state index in [9.17, 15) is 9.90 Å². The molecule has 4 heteroatoms. The molecule has 12 heavy (non-hydrogen) atoms. The zero-order chi connectivity index (χ0) is 8.55. The summed E-state index contributed by atoms with van der Waals surface area (Å²) in [7, 11) is 0. The first kappa shape index (κ1) is 6.97. The molecule has 0 bridgehead atoms. The third kappa shape index (κ3) is 0.972. The highest BCUT2D eigenvalue weighted by Gasteiger charge is 2.20. The minimum absolute atomic E-state index is 0.0139. The van der Waals surface area contributed by atoms with Crippen LogP contribution in [0.5, 0.6) is 17.2 Å². The summed E-state index contributed by atoms with van der Waals surface area (Å²) in [5.41, 5.74) is 0. The van der Waals surface area contributed by atoms with Gasteiger partial charge >= 0.3 is 5.97 Å². The van der Waals surface area contributed by atoms with Crippen molar-refractivity contribution in [3.8, 4) is 17.2 Å². The van der Waals surface area contributed by atoms with Gasteiger partial charge in [-0.3, -0.25) is 0 Å². The van der Waals surface area contributed by atoms with Crippen LogP contribution in [-0.2, 0) is 4.79 Å². The van der Waals surface area contributed by atoms with E-state index < -0.39 is 5.97 Å². The molecule has 0 aliphatic carbocycles. The number of phenols is 1. The van der Waals surface area contributed by atoms with Crippen LogP contribution in [0.25, 0.3) is 0 Å². The molecule has 0 aromatic heterocycles. The van der Waals surface area contributed by atoms with Crippen molar-refractivity contribution in [2.45, 2.75) is 0 Å². The quantitative estimate of drug-likeness (QED) is 0.455. The van der Waals surface area contributed by atoms with E-state index in [4.69, 9.17) is 9.47 Å². The second-order valence-electron chi connectivity index (χ2n) is 2.37. The zero-order valence-corrected chi connectivity index (χ0v) is 6.11.